The molecule has 2 amide bonds. The molecule has 1 atom stereocenters. The van der Waals surface area contributed by atoms with E-state index in [1.165, 1.54) is 11.8 Å². The molecule has 0 saturated carbocycles. The van der Waals surface area contributed by atoms with Crippen LogP contribution in [-0.4, -0.2) is 46.1 Å². The molecule has 5 nitrogen and oxygen atoms in total. The lowest BCUT2D eigenvalue weighted by Gasteiger charge is -2.32. The lowest BCUT2D eigenvalue weighted by Crippen LogP contribution is -2.51. The Bertz CT molecular complexity index is 585. The molecule has 0 radical (unpaired) electrons. The Kier molecular flexibility index (Phi) is 4.61. The Morgan fingerprint density at radius 3 is 2.57 bits per heavy atom. The zero-order valence-electron chi connectivity index (χ0n) is 10.6. The van der Waals surface area contributed by atoms with Gasteiger partial charge < -0.3 is 15.3 Å². The lowest BCUT2D eigenvalue weighted by molar-refractivity contribution is -0.141. The molecule has 1 aromatic rings. The third-order valence-electron chi connectivity index (χ3n) is 2.93. The molecular weight excluding hydrogens is 309 g/mol. The van der Waals surface area contributed by atoms with Gasteiger partial charge in [-0.05, 0) is 0 Å². The van der Waals surface area contributed by atoms with E-state index in [4.69, 9.17) is 5.11 Å². The minimum Gasteiger partial charge on any atom is -0.480 e. The molecular formula is C12H11F3N2O3S. The maximum Gasteiger partial charge on any atom is 0.327 e. The minimum absolute atomic E-state index is 0.165. The molecule has 1 aliphatic heterocycles. The molecule has 1 unspecified atom stereocenters. The van der Waals surface area contributed by atoms with Gasteiger partial charge in [0.05, 0.1) is 5.69 Å². The molecule has 0 aromatic heterocycles. The molecule has 1 fully saturated rings. The van der Waals surface area contributed by atoms with E-state index in [1.54, 1.807) is 0 Å². The number of hydrogen-bond acceptors (Lipinski definition) is 3. The fraction of sp³-hybridized carbons (Fsp3) is 0.333. The van der Waals surface area contributed by atoms with Crippen molar-refractivity contribution in [2.24, 2.45) is 0 Å². The fourth-order valence-corrected chi connectivity index (χ4v) is 2.89. The van der Waals surface area contributed by atoms with Crippen molar-refractivity contribution in [3.63, 3.8) is 0 Å². The summed E-state index contributed by atoms with van der Waals surface area (Å²) >= 11 is 1.38. The Morgan fingerprint density at radius 2 is 1.90 bits per heavy atom. The average Bonchev–Trinajstić information content (AvgIpc) is 2.44. The zero-order valence-corrected chi connectivity index (χ0v) is 11.4. The van der Waals surface area contributed by atoms with Crippen molar-refractivity contribution in [1.29, 1.82) is 0 Å². The van der Waals surface area contributed by atoms with Gasteiger partial charge in [0.1, 0.15) is 11.9 Å². The number of aliphatic carboxylic acids is 1. The summed E-state index contributed by atoms with van der Waals surface area (Å²) in [5.41, 5.74) is -0.540. The number of thioether (sulfide) groups is 1. The van der Waals surface area contributed by atoms with Crippen LogP contribution in [0, 0.1) is 17.5 Å². The predicted octanol–water partition coefficient (Wildman–Crippen LogP) is 2.14. The summed E-state index contributed by atoms with van der Waals surface area (Å²) in [6, 6.07) is -1.09. The van der Waals surface area contributed by atoms with Crippen molar-refractivity contribution in [2.75, 3.05) is 23.4 Å². The molecule has 9 heteroatoms. The first-order valence-electron chi connectivity index (χ1n) is 5.93. The predicted molar refractivity (Wildman–Crippen MR) is 70.8 cm³/mol. The van der Waals surface area contributed by atoms with E-state index in [1.807, 2.05) is 0 Å². The van der Waals surface area contributed by atoms with E-state index in [0.29, 0.717) is 17.9 Å². The van der Waals surface area contributed by atoms with Crippen molar-refractivity contribution in [3.05, 3.63) is 29.6 Å². The summed E-state index contributed by atoms with van der Waals surface area (Å²) in [6.45, 7) is 0.165. The number of rotatable bonds is 2. The first-order chi connectivity index (χ1) is 9.90. The van der Waals surface area contributed by atoms with Crippen molar-refractivity contribution in [2.45, 2.75) is 6.04 Å². The Morgan fingerprint density at radius 1 is 1.24 bits per heavy atom. The second-order valence-corrected chi connectivity index (χ2v) is 5.45. The topological polar surface area (TPSA) is 69.6 Å². The van der Waals surface area contributed by atoms with Crippen LogP contribution in [0.4, 0.5) is 23.7 Å². The highest BCUT2D eigenvalue weighted by molar-refractivity contribution is 7.99. The van der Waals surface area contributed by atoms with Crippen LogP contribution >= 0.6 is 11.8 Å². The van der Waals surface area contributed by atoms with Gasteiger partial charge in [0.2, 0.25) is 0 Å². The highest BCUT2D eigenvalue weighted by Gasteiger charge is 2.32. The van der Waals surface area contributed by atoms with Crippen molar-refractivity contribution < 1.29 is 27.9 Å². The van der Waals surface area contributed by atoms with Crippen LogP contribution in [0.25, 0.3) is 0 Å². The van der Waals surface area contributed by atoms with Gasteiger partial charge in [0.25, 0.3) is 0 Å². The number of anilines is 1. The van der Waals surface area contributed by atoms with Crippen LogP contribution < -0.4 is 5.32 Å². The van der Waals surface area contributed by atoms with Gasteiger partial charge in [-0.15, -0.1) is 0 Å². The minimum atomic E-state index is -1.37. The SMILES string of the molecule is O=C(O)C1CSCCN1C(=O)Nc1cc(F)c(F)cc1F. The number of nitrogens with zero attached hydrogens (tertiary/aromatic N) is 1. The highest BCUT2D eigenvalue weighted by Crippen LogP contribution is 2.21. The number of amides is 2. The molecule has 1 heterocycles. The third kappa shape index (κ3) is 3.41. The summed E-state index contributed by atoms with van der Waals surface area (Å²) in [6.07, 6.45) is 0. The molecule has 1 aromatic carbocycles. The largest absolute Gasteiger partial charge is 0.480 e. The molecule has 0 spiro atoms. The fourth-order valence-electron chi connectivity index (χ4n) is 1.86. The van der Waals surface area contributed by atoms with Gasteiger partial charge in [-0.25, -0.2) is 22.8 Å². The molecule has 1 aliphatic rings. The average molecular weight is 320 g/mol. The lowest BCUT2D eigenvalue weighted by atomic mass is 10.2. The van der Waals surface area contributed by atoms with Gasteiger partial charge in [0.15, 0.2) is 11.6 Å². The van der Waals surface area contributed by atoms with Gasteiger partial charge in [-0.2, -0.15) is 11.8 Å². The van der Waals surface area contributed by atoms with E-state index < -0.39 is 41.2 Å². The Hall–Kier alpha value is -1.90. The van der Waals surface area contributed by atoms with Crippen LogP contribution in [0.15, 0.2) is 12.1 Å². The van der Waals surface area contributed by atoms with Gasteiger partial charge in [0, 0.05) is 30.2 Å². The first-order valence-corrected chi connectivity index (χ1v) is 7.08. The van der Waals surface area contributed by atoms with Crippen molar-refractivity contribution in [3.8, 4) is 0 Å². The van der Waals surface area contributed by atoms with Crippen LogP contribution in [0.5, 0.6) is 0 Å². The van der Waals surface area contributed by atoms with Gasteiger partial charge in [-0.1, -0.05) is 0 Å². The summed E-state index contributed by atoms with van der Waals surface area (Å²) in [5, 5.41) is 11.1. The monoisotopic (exact) mass is 320 g/mol. The zero-order chi connectivity index (χ0) is 15.6. The number of urea groups is 1. The first kappa shape index (κ1) is 15.5. The van der Waals surface area contributed by atoms with E-state index in [9.17, 15) is 22.8 Å². The van der Waals surface area contributed by atoms with Gasteiger partial charge >= 0.3 is 12.0 Å². The number of nitrogens with one attached hydrogen (secondary N) is 1. The number of carbonyl (C=O) groups excluding carboxylic acids is 1. The number of halogens is 3. The molecule has 21 heavy (non-hydrogen) atoms. The maximum absolute atomic E-state index is 13.5. The smallest absolute Gasteiger partial charge is 0.327 e. The van der Waals surface area contributed by atoms with E-state index >= 15 is 0 Å². The summed E-state index contributed by atoms with van der Waals surface area (Å²) in [4.78, 5) is 24.1. The molecule has 2 rings (SSSR count). The normalized spacial score (nSPS) is 18.4. The van der Waals surface area contributed by atoms with E-state index in [0.717, 1.165) is 4.90 Å². The number of benzene rings is 1. The molecule has 1 saturated heterocycles. The highest BCUT2D eigenvalue weighted by atomic mass is 32.2. The Balaban J connectivity index is 2.17. The third-order valence-corrected chi connectivity index (χ3v) is 3.95. The van der Waals surface area contributed by atoms with Crippen molar-refractivity contribution >= 4 is 29.4 Å². The summed E-state index contributed by atoms with van der Waals surface area (Å²) < 4.78 is 39.3. The molecule has 114 valence electrons. The van der Waals surface area contributed by atoms with Crippen molar-refractivity contribution in [1.82, 2.24) is 4.90 Å². The van der Waals surface area contributed by atoms with Crippen LogP contribution in [0.3, 0.4) is 0 Å². The quantitative estimate of drug-likeness (QED) is 0.819. The summed E-state index contributed by atoms with van der Waals surface area (Å²) in [7, 11) is 0. The molecule has 0 aliphatic carbocycles. The number of carboxylic acids is 1. The number of carbonyl (C=O) groups is 2. The second-order valence-electron chi connectivity index (χ2n) is 4.30. The van der Waals surface area contributed by atoms with E-state index in [2.05, 4.69) is 5.32 Å². The van der Waals surface area contributed by atoms with E-state index in [-0.39, 0.29) is 12.3 Å². The maximum atomic E-state index is 13.5. The van der Waals surface area contributed by atoms with Crippen LogP contribution in [0.2, 0.25) is 0 Å². The summed E-state index contributed by atoms with van der Waals surface area (Å²) in [5.74, 6) is -4.25. The van der Waals surface area contributed by atoms with Gasteiger partial charge in [-0.3, -0.25) is 0 Å². The molecule has 0 bridgehead atoms. The number of carboxylic acid groups (broad SMARTS) is 1. The van der Waals surface area contributed by atoms with Crippen LogP contribution in [0.1, 0.15) is 0 Å². The second kappa shape index (κ2) is 6.25. The van der Waals surface area contributed by atoms with Crippen LogP contribution in [-0.2, 0) is 4.79 Å². The standard InChI is InChI=1S/C12H11F3N2O3S/c13-6-3-8(15)9(4-7(6)14)16-12(20)17-1-2-21-5-10(17)11(18)19/h3-4,10H,1-2,5H2,(H,16,20)(H,18,19). The number of hydrogen-bond donors (Lipinski definition) is 2. The molecule has 2 N–H and O–H groups in total. The Labute approximate surface area is 122 Å².